The summed E-state index contributed by atoms with van der Waals surface area (Å²) in [5.41, 5.74) is 1.75. The number of nitro benzene ring substituents is 1. The number of nitrogens with zero attached hydrogens (tertiary/aromatic N) is 2. The number of non-ortho nitro benzene ring substituents is 1. The molecule has 1 aliphatic rings. The van der Waals surface area contributed by atoms with Crippen molar-refractivity contribution < 1.29 is 9.72 Å². The number of carbonyl (C=O) groups is 1. The lowest BCUT2D eigenvalue weighted by atomic mass is 10.0. The van der Waals surface area contributed by atoms with Gasteiger partial charge < -0.3 is 5.32 Å². The van der Waals surface area contributed by atoms with Gasteiger partial charge in [0.1, 0.15) is 0 Å². The van der Waals surface area contributed by atoms with Gasteiger partial charge in [-0.25, -0.2) is 0 Å². The molecule has 1 N–H and O–H groups in total. The second kappa shape index (κ2) is 9.27. The Hall–Kier alpha value is -2.00. The molecule has 27 heavy (non-hydrogen) atoms. The van der Waals surface area contributed by atoms with Crippen LogP contribution < -0.4 is 5.32 Å². The third-order valence-corrected chi connectivity index (χ3v) is 5.78. The number of rotatable bonds is 6. The Balaban J connectivity index is 1.62. The monoisotopic (exact) mass is 479 g/mol. The maximum Gasteiger partial charge on any atom is 0.270 e. The van der Waals surface area contributed by atoms with Crippen LogP contribution in [0.2, 0.25) is 0 Å². The fraction of sp³-hybridized carbons (Fsp3) is 0.350. The van der Waals surface area contributed by atoms with E-state index in [0.717, 1.165) is 19.5 Å². The highest BCUT2D eigenvalue weighted by molar-refractivity contribution is 14.1. The van der Waals surface area contributed by atoms with E-state index in [-0.39, 0.29) is 11.6 Å². The lowest BCUT2D eigenvalue weighted by Crippen LogP contribution is -2.46. The molecule has 2 aromatic rings. The molecule has 1 atom stereocenters. The minimum absolute atomic E-state index is 0.00253. The molecule has 0 radical (unpaired) electrons. The van der Waals surface area contributed by atoms with Gasteiger partial charge in [0, 0.05) is 34.8 Å². The SMILES string of the molecule is O=C(NCC1CCCCN1Cc1ccccc1)c1ccc([N+](=O)[O-])cc1I. The molecule has 7 heteroatoms. The highest BCUT2D eigenvalue weighted by Crippen LogP contribution is 2.21. The van der Waals surface area contributed by atoms with Crippen molar-refractivity contribution >= 4 is 34.2 Å². The van der Waals surface area contributed by atoms with E-state index < -0.39 is 4.92 Å². The lowest BCUT2D eigenvalue weighted by Gasteiger charge is -2.36. The number of hydrogen-bond acceptors (Lipinski definition) is 4. The zero-order valence-corrected chi connectivity index (χ0v) is 17.1. The molecule has 1 amide bonds. The number of hydrogen-bond donors (Lipinski definition) is 1. The van der Waals surface area contributed by atoms with Gasteiger partial charge in [-0.05, 0) is 53.6 Å². The van der Waals surface area contributed by atoms with Crippen molar-refractivity contribution in [1.29, 1.82) is 0 Å². The standard InChI is InChI=1S/C20H22IN3O3/c21-19-12-16(24(26)27)9-10-18(19)20(25)22-13-17-8-4-5-11-23(17)14-15-6-2-1-3-7-15/h1-3,6-7,9-10,12,17H,4-5,8,11,13-14H2,(H,22,25). The van der Waals surface area contributed by atoms with Gasteiger partial charge in [-0.3, -0.25) is 19.8 Å². The summed E-state index contributed by atoms with van der Waals surface area (Å²) < 4.78 is 0.587. The Kier molecular flexibility index (Phi) is 6.78. The Morgan fingerprint density at radius 1 is 1.22 bits per heavy atom. The molecular weight excluding hydrogens is 457 g/mol. The Morgan fingerprint density at radius 3 is 2.70 bits per heavy atom. The zero-order chi connectivity index (χ0) is 19.2. The molecule has 6 nitrogen and oxygen atoms in total. The lowest BCUT2D eigenvalue weighted by molar-refractivity contribution is -0.384. The van der Waals surface area contributed by atoms with E-state index in [0.29, 0.717) is 21.7 Å². The number of likely N-dealkylation sites (tertiary alicyclic amines) is 1. The summed E-state index contributed by atoms with van der Waals surface area (Å²) in [5.74, 6) is -0.181. The van der Waals surface area contributed by atoms with Gasteiger partial charge in [0.05, 0.1) is 10.5 Å². The summed E-state index contributed by atoms with van der Waals surface area (Å²) >= 11 is 1.97. The summed E-state index contributed by atoms with van der Waals surface area (Å²) in [4.78, 5) is 25.4. The van der Waals surface area contributed by atoms with Gasteiger partial charge >= 0.3 is 0 Å². The third-order valence-electron chi connectivity index (χ3n) is 4.88. The normalized spacial score (nSPS) is 17.4. The first-order valence-corrected chi connectivity index (χ1v) is 10.1. The van der Waals surface area contributed by atoms with E-state index >= 15 is 0 Å². The molecule has 0 aromatic heterocycles. The van der Waals surface area contributed by atoms with Crippen LogP contribution in [0.4, 0.5) is 5.69 Å². The molecule has 1 fully saturated rings. The molecule has 142 valence electrons. The molecule has 2 aromatic carbocycles. The molecule has 0 saturated carbocycles. The molecule has 3 rings (SSSR count). The average Bonchev–Trinajstić information content (AvgIpc) is 2.67. The minimum atomic E-state index is -0.451. The van der Waals surface area contributed by atoms with E-state index in [2.05, 4.69) is 22.3 Å². The molecule has 1 saturated heterocycles. The Labute approximate surface area is 172 Å². The van der Waals surface area contributed by atoms with Crippen LogP contribution >= 0.6 is 22.6 Å². The van der Waals surface area contributed by atoms with Crippen molar-refractivity contribution in [2.24, 2.45) is 0 Å². The molecule has 0 spiro atoms. The van der Waals surface area contributed by atoms with E-state index in [1.54, 1.807) is 0 Å². The first-order chi connectivity index (χ1) is 13.0. The highest BCUT2D eigenvalue weighted by atomic mass is 127. The summed E-state index contributed by atoms with van der Waals surface area (Å²) in [6.45, 7) is 2.50. The first-order valence-electron chi connectivity index (χ1n) is 9.04. The zero-order valence-electron chi connectivity index (χ0n) is 14.9. The molecule has 1 heterocycles. The van der Waals surface area contributed by atoms with Crippen LogP contribution in [0.15, 0.2) is 48.5 Å². The number of carbonyl (C=O) groups excluding carboxylic acids is 1. The predicted octanol–water partition coefficient (Wildman–Crippen LogP) is 3.98. The molecule has 0 aliphatic carbocycles. The van der Waals surface area contributed by atoms with E-state index in [9.17, 15) is 14.9 Å². The first kappa shape index (κ1) is 19.8. The number of benzene rings is 2. The van der Waals surface area contributed by atoms with Crippen molar-refractivity contribution in [2.45, 2.75) is 31.8 Å². The van der Waals surface area contributed by atoms with Gasteiger partial charge in [-0.1, -0.05) is 36.8 Å². The van der Waals surface area contributed by atoms with Gasteiger partial charge in [-0.2, -0.15) is 0 Å². The molecular formula is C20H22IN3O3. The van der Waals surface area contributed by atoms with Gasteiger partial charge in [-0.15, -0.1) is 0 Å². The van der Waals surface area contributed by atoms with Crippen LogP contribution in [0.1, 0.15) is 35.2 Å². The van der Waals surface area contributed by atoms with Crippen molar-refractivity contribution in [3.05, 3.63) is 73.3 Å². The van der Waals surface area contributed by atoms with Gasteiger partial charge in [0.15, 0.2) is 0 Å². The van der Waals surface area contributed by atoms with Crippen molar-refractivity contribution in [1.82, 2.24) is 10.2 Å². The third kappa shape index (κ3) is 5.26. The molecule has 1 aliphatic heterocycles. The summed E-state index contributed by atoms with van der Waals surface area (Å²) in [6.07, 6.45) is 3.41. The van der Waals surface area contributed by atoms with Gasteiger partial charge in [0.25, 0.3) is 11.6 Å². The van der Waals surface area contributed by atoms with Crippen molar-refractivity contribution in [3.63, 3.8) is 0 Å². The number of nitro groups is 1. The Morgan fingerprint density at radius 2 is 2.00 bits per heavy atom. The smallest absolute Gasteiger partial charge is 0.270 e. The summed E-state index contributed by atoms with van der Waals surface area (Å²) in [5, 5.41) is 13.9. The number of nitrogens with one attached hydrogen (secondary N) is 1. The fourth-order valence-electron chi connectivity index (χ4n) is 3.42. The Bertz CT molecular complexity index is 813. The topological polar surface area (TPSA) is 75.5 Å². The van der Waals surface area contributed by atoms with Crippen molar-refractivity contribution in [3.8, 4) is 0 Å². The van der Waals surface area contributed by atoms with Crippen LogP contribution in [0.3, 0.4) is 0 Å². The fourth-order valence-corrected chi connectivity index (χ4v) is 4.17. The minimum Gasteiger partial charge on any atom is -0.350 e. The quantitative estimate of drug-likeness (QED) is 0.387. The average molecular weight is 479 g/mol. The number of piperidine rings is 1. The number of amides is 1. The summed E-state index contributed by atoms with van der Waals surface area (Å²) in [7, 11) is 0. The van der Waals surface area contributed by atoms with Crippen LogP contribution in [0.5, 0.6) is 0 Å². The van der Waals surface area contributed by atoms with Crippen molar-refractivity contribution in [2.75, 3.05) is 13.1 Å². The molecule has 1 unspecified atom stereocenters. The number of halogens is 1. The second-order valence-electron chi connectivity index (χ2n) is 6.74. The van der Waals surface area contributed by atoms with Crippen LogP contribution in [-0.4, -0.2) is 34.9 Å². The predicted molar refractivity (Wildman–Crippen MR) is 113 cm³/mol. The second-order valence-corrected chi connectivity index (χ2v) is 7.90. The largest absolute Gasteiger partial charge is 0.350 e. The molecule has 0 bridgehead atoms. The highest BCUT2D eigenvalue weighted by Gasteiger charge is 2.23. The maximum absolute atomic E-state index is 12.6. The van der Waals surface area contributed by atoms with Crippen LogP contribution in [0.25, 0.3) is 0 Å². The van der Waals surface area contributed by atoms with E-state index in [4.69, 9.17) is 0 Å². The maximum atomic E-state index is 12.6. The van der Waals surface area contributed by atoms with Crippen LogP contribution in [0, 0.1) is 13.7 Å². The van der Waals surface area contributed by atoms with Gasteiger partial charge in [0.2, 0.25) is 0 Å². The summed E-state index contributed by atoms with van der Waals surface area (Å²) in [6, 6.07) is 15.0. The van der Waals surface area contributed by atoms with Crippen LogP contribution in [-0.2, 0) is 6.54 Å². The van der Waals surface area contributed by atoms with E-state index in [1.165, 1.54) is 36.6 Å². The van der Waals surface area contributed by atoms with E-state index in [1.807, 2.05) is 40.8 Å².